The number of nitrogens with one attached hydrogen (secondary N) is 1. The van der Waals surface area contributed by atoms with Gasteiger partial charge in [-0.25, -0.2) is 4.98 Å². The third kappa shape index (κ3) is 3.60. The smallest absolute Gasteiger partial charge is 0.433 e. The Bertz CT molecular complexity index is 389. The predicted molar refractivity (Wildman–Crippen MR) is 60.3 cm³/mol. The van der Waals surface area contributed by atoms with Gasteiger partial charge < -0.3 is 10.1 Å². The molecule has 0 aliphatic carbocycles. The van der Waals surface area contributed by atoms with Crippen LogP contribution in [0.15, 0.2) is 18.2 Å². The zero-order chi connectivity index (χ0) is 13.0. The summed E-state index contributed by atoms with van der Waals surface area (Å²) < 4.78 is 42.6. The Labute approximate surface area is 103 Å². The summed E-state index contributed by atoms with van der Waals surface area (Å²) in [4.78, 5) is 3.46. The number of piperidine rings is 1. The van der Waals surface area contributed by atoms with Crippen LogP contribution in [0.4, 0.5) is 13.2 Å². The first-order chi connectivity index (χ1) is 8.55. The quantitative estimate of drug-likeness (QED) is 0.906. The largest absolute Gasteiger partial charge is 0.477 e. The lowest BCUT2D eigenvalue weighted by Gasteiger charge is -2.22. The van der Waals surface area contributed by atoms with Crippen LogP contribution in [0, 0.1) is 5.92 Å². The van der Waals surface area contributed by atoms with Crippen molar-refractivity contribution in [3.63, 3.8) is 0 Å². The van der Waals surface area contributed by atoms with Gasteiger partial charge in [0.05, 0.1) is 6.61 Å². The van der Waals surface area contributed by atoms with Crippen LogP contribution in [0.5, 0.6) is 5.88 Å². The van der Waals surface area contributed by atoms with Crippen LogP contribution >= 0.6 is 0 Å². The highest BCUT2D eigenvalue weighted by Crippen LogP contribution is 2.28. The second-order valence-corrected chi connectivity index (χ2v) is 4.38. The number of alkyl halides is 3. The highest BCUT2D eigenvalue weighted by Gasteiger charge is 2.32. The third-order valence-electron chi connectivity index (χ3n) is 2.88. The monoisotopic (exact) mass is 260 g/mol. The fourth-order valence-corrected chi connectivity index (χ4v) is 1.92. The van der Waals surface area contributed by atoms with Gasteiger partial charge in [0.15, 0.2) is 0 Å². The summed E-state index contributed by atoms with van der Waals surface area (Å²) in [7, 11) is 0. The number of rotatable bonds is 3. The van der Waals surface area contributed by atoms with Crippen LogP contribution in [0.2, 0.25) is 0 Å². The lowest BCUT2D eigenvalue weighted by atomic mass is 10.0. The first-order valence-electron chi connectivity index (χ1n) is 5.93. The minimum atomic E-state index is -4.42. The van der Waals surface area contributed by atoms with Gasteiger partial charge in [-0.15, -0.1) is 0 Å². The summed E-state index contributed by atoms with van der Waals surface area (Å²) in [5.41, 5.74) is -0.915. The van der Waals surface area contributed by atoms with Crippen LogP contribution in [0.1, 0.15) is 18.5 Å². The Balaban J connectivity index is 1.92. The molecule has 100 valence electrons. The highest BCUT2D eigenvalue weighted by molar-refractivity contribution is 5.17. The molecule has 3 nitrogen and oxygen atoms in total. The average Bonchev–Trinajstić information content (AvgIpc) is 2.37. The maximum absolute atomic E-state index is 12.4. The molecule has 0 radical (unpaired) electrons. The van der Waals surface area contributed by atoms with E-state index in [1.165, 1.54) is 12.1 Å². The lowest BCUT2D eigenvalue weighted by Crippen LogP contribution is -2.33. The van der Waals surface area contributed by atoms with Crippen molar-refractivity contribution in [3.05, 3.63) is 23.9 Å². The standard InChI is InChI=1S/C12H15F3N2O/c13-12(14,15)10-4-1-5-11(17-10)18-8-9-3-2-6-16-7-9/h1,4-5,9,16H,2-3,6-8H2/t9-/m1/s1. The van der Waals surface area contributed by atoms with Crippen molar-refractivity contribution in [2.45, 2.75) is 19.0 Å². The van der Waals surface area contributed by atoms with E-state index in [-0.39, 0.29) is 5.88 Å². The molecule has 1 N–H and O–H groups in total. The van der Waals surface area contributed by atoms with E-state index in [1.807, 2.05) is 0 Å². The van der Waals surface area contributed by atoms with E-state index in [2.05, 4.69) is 10.3 Å². The van der Waals surface area contributed by atoms with Gasteiger partial charge >= 0.3 is 6.18 Å². The van der Waals surface area contributed by atoms with Crippen molar-refractivity contribution in [1.82, 2.24) is 10.3 Å². The summed E-state index contributed by atoms with van der Waals surface area (Å²) in [5.74, 6) is 0.380. The number of pyridine rings is 1. The zero-order valence-electron chi connectivity index (χ0n) is 9.83. The van der Waals surface area contributed by atoms with Gasteiger partial charge in [0.2, 0.25) is 5.88 Å². The number of nitrogens with zero attached hydrogens (tertiary/aromatic N) is 1. The maximum Gasteiger partial charge on any atom is 0.433 e. The van der Waals surface area contributed by atoms with E-state index < -0.39 is 11.9 Å². The Hall–Kier alpha value is -1.30. The van der Waals surface area contributed by atoms with Crippen LogP contribution in [-0.4, -0.2) is 24.7 Å². The molecule has 2 heterocycles. The van der Waals surface area contributed by atoms with Crippen LogP contribution in [-0.2, 0) is 6.18 Å². The second kappa shape index (κ2) is 5.56. The second-order valence-electron chi connectivity index (χ2n) is 4.38. The molecule has 1 aliphatic heterocycles. The fourth-order valence-electron chi connectivity index (χ4n) is 1.92. The summed E-state index contributed by atoms with van der Waals surface area (Å²) in [6.07, 6.45) is -2.32. The van der Waals surface area contributed by atoms with Crippen molar-refractivity contribution in [1.29, 1.82) is 0 Å². The number of ether oxygens (including phenoxy) is 1. The van der Waals surface area contributed by atoms with Gasteiger partial charge in [-0.3, -0.25) is 0 Å². The highest BCUT2D eigenvalue weighted by atomic mass is 19.4. The van der Waals surface area contributed by atoms with Crippen molar-refractivity contribution in [2.75, 3.05) is 19.7 Å². The molecule has 0 unspecified atom stereocenters. The molecule has 1 aromatic heterocycles. The topological polar surface area (TPSA) is 34.1 Å². The van der Waals surface area contributed by atoms with E-state index in [0.717, 1.165) is 32.0 Å². The van der Waals surface area contributed by atoms with Crippen molar-refractivity contribution in [2.24, 2.45) is 5.92 Å². The molecule has 0 bridgehead atoms. The molecule has 1 aromatic rings. The Morgan fingerprint density at radius 3 is 2.89 bits per heavy atom. The average molecular weight is 260 g/mol. The van der Waals surface area contributed by atoms with E-state index >= 15 is 0 Å². The van der Waals surface area contributed by atoms with Gasteiger partial charge in [-0.1, -0.05) is 6.07 Å². The molecule has 0 amide bonds. The number of hydrogen-bond acceptors (Lipinski definition) is 3. The van der Waals surface area contributed by atoms with Gasteiger partial charge in [0.1, 0.15) is 5.69 Å². The maximum atomic E-state index is 12.4. The molecule has 6 heteroatoms. The zero-order valence-corrected chi connectivity index (χ0v) is 9.83. The SMILES string of the molecule is FC(F)(F)c1cccc(OC[C@@H]2CCCNC2)n1. The van der Waals surface area contributed by atoms with Gasteiger partial charge in [-0.2, -0.15) is 13.2 Å². The fraction of sp³-hybridized carbons (Fsp3) is 0.583. The Kier molecular flexibility index (Phi) is 4.06. The van der Waals surface area contributed by atoms with Crippen LogP contribution in [0.3, 0.4) is 0 Å². The molecule has 18 heavy (non-hydrogen) atoms. The molecule has 0 aromatic carbocycles. The summed E-state index contributed by atoms with van der Waals surface area (Å²) >= 11 is 0. The third-order valence-corrected chi connectivity index (χ3v) is 2.88. The molecule has 0 saturated carbocycles. The summed E-state index contributed by atoms with van der Waals surface area (Å²) in [6, 6.07) is 3.70. The molecule has 1 saturated heterocycles. The molecule has 2 rings (SSSR count). The minimum absolute atomic E-state index is 0.0374. The molecule has 1 aliphatic rings. The van der Waals surface area contributed by atoms with E-state index in [1.54, 1.807) is 0 Å². The molecular weight excluding hydrogens is 245 g/mol. The van der Waals surface area contributed by atoms with E-state index in [0.29, 0.717) is 12.5 Å². The first-order valence-corrected chi connectivity index (χ1v) is 5.93. The predicted octanol–water partition coefficient (Wildman–Crippen LogP) is 2.48. The van der Waals surface area contributed by atoms with E-state index in [4.69, 9.17) is 4.74 Å². The van der Waals surface area contributed by atoms with Crippen molar-refractivity contribution in [3.8, 4) is 5.88 Å². The number of aromatic nitrogens is 1. The van der Waals surface area contributed by atoms with Gasteiger partial charge in [-0.05, 0) is 25.5 Å². The normalized spacial score (nSPS) is 20.7. The Morgan fingerprint density at radius 2 is 2.22 bits per heavy atom. The van der Waals surface area contributed by atoms with Gasteiger partial charge in [0, 0.05) is 18.5 Å². The van der Waals surface area contributed by atoms with Crippen molar-refractivity contribution >= 4 is 0 Å². The first kappa shape index (κ1) is 13.1. The minimum Gasteiger partial charge on any atom is -0.477 e. The number of hydrogen-bond donors (Lipinski definition) is 1. The van der Waals surface area contributed by atoms with Crippen LogP contribution < -0.4 is 10.1 Å². The van der Waals surface area contributed by atoms with Crippen molar-refractivity contribution < 1.29 is 17.9 Å². The lowest BCUT2D eigenvalue weighted by molar-refractivity contribution is -0.141. The molecular formula is C12H15F3N2O. The van der Waals surface area contributed by atoms with Crippen LogP contribution in [0.25, 0.3) is 0 Å². The number of halogens is 3. The summed E-state index contributed by atoms with van der Waals surface area (Å²) in [6.45, 7) is 2.25. The molecule has 1 fully saturated rings. The summed E-state index contributed by atoms with van der Waals surface area (Å²) in [5, 5.41) is 3.23. The molecule has 1 atom stereocenters. The Morgan fingerprint density at radius 1 is 1.39 bits per heavy atom. The molecule has 0 spiro atoms. The van der Waals surface area contributed by atoms with Gasteiger partial charge in [0.25, 0.3) is 0 Å². The van der Waals surface area contributed by atoms with E-state index in [9.17, 15) is 13.2 Å².